The van der Waals surface area contributed by atoms with Gasteiger partial charge in [-0.15, -0.1) is 0 Å². The van der Waals surface area contributed by atoms with Crippen LogP contribution in [0.4, 0.5) is 0 Å². The van der Waals surface area contributed by atoms with Crippen LogP contribution in [0.25, 0.3) is 11.1 Å². The Labute approximate surface area is 131 Å². The van der Waals surface area contributed by atoms with Crippen molar-refractivity contribution >= 4 is 17.0 Å². The van der Waals surface area contributed by atoms with Crippen molar-refractivity contribution in [2.75, 3.05) is 7.05 Å². The molecule has 1 aliphatic rings. The Balaban J connectivity index is 1.83. The van der Waals surface area contributed by atoms with E-state index < -0.39 is 0 Å². The molecular weight excluding hydrogens is 276 g/mol. The zero-order valence-electron chi connectivity index (χ0n) is 13.6. The van der Waals surface area contributed by atoms with E-state index in [1.54, 1.807) is 0 Å². The molecule has 1 aromatic carbocycles. The van der Waals surface area contributed by atoms with Gasteiger partial charge >= 0.3 is 0 Å². The van der Waals surface area contributed by atoms with Gasteiger partial charge < -0.3 is 9.32 Å². The van der Waals surface area contributed by atoms with Crippen LogP contribution in [0.2, 0.25) is 0 Å². The molecular formula is C18H24N2O2. The number of amides is 1. The molecule has 118 valence electrons. The van der Waals surface area contributed by atoms with Crippen LogP contribution in [-0.4, -0.2) is 28.9 Å². The molecule has 1 fully saturated rings. The first-order chi connectivity index (χ1) is 10.6. The summed E-state index contributed by atoms with van der Waals surface area (Å²) < 4.78 is 5.70. The average molecular weight is 300 g/mol. The summed E-state index contributed by atoms with van der Waals surface area (Å²) in [7, 11) is 1.92. The third kappa shape index (κ3) is 2.87. The van der Waals surface area contributed by atoms with Crippen LogP contribution in [0, 0.1) is 0 Å². The van der Waals surface area contributed by atoms with E-state index in [0.717, 1.165) is 29.8 Å². The van der Waals surface area contributed by atoms with E-state index >= 15 is 0 Å². The van der Waals surface area contributed by atoms with Crippen LogP contribution < -0.4 is 0 Å². The topological polar surface area (TPSA) is 46.3 Å². The van der Waals surface area contributed by atoms with Gasteiger partial charge in [0, 0.05) is 24.6 Å². The van der Waals surface area contributed by atoms with Gasteiger partial charge in [-0.25, -0.2) is 4.98 Å². The summed E-state index contributed by atoms with van der Waals surface area (Å²) in [5, 5.41) is 0. The molecule has 4 nitrogen and oxygen atoms in total. The molecule has 0 N–H and O–H groups in total. The summed E-state index contributed by atoms with van der Waals surface area (Å²) in [5.41, 5.74) is 2.22. The van der Waals surface area contributed by atoms with Crippen LogP contribution in [0.3, 0.4) is 0 Å². The molecule has 1 aliphatic carbocycles. The summed E-state index contributed by atoms with van der Waals surface area (Å²) in [5.74, 6) is 1.06. The molecule has 1 amide bonds. The highest BCUT2D eigenvalue weighted by atomic mass is 16.3. The Morgan fingerprint density at radius 1 is 1.27 bits per heavy atom. The largest absolute Gasteiger partial charge is 0.440 e. The first-order valence-electron chi connectivity index (χ1n) is 8.24. The second-order valence-electron chi connectivity index (χ2n) is 6.60. The van der Waals surface area contributed by atoms with Crippen molar-refractivity contribution in [3.8, 4) is 0 Å². The molecule has 4 heteroatoms. The number of aromatic nitrogens is 1. The van der Waals surface area contributed by atoms with Crippen LogP contribution in [0.1, 0.15) is 68.1 Å². The molecule has 0 bridgehead atoms. The number of oxazole rings is 1. The fraction of sp³-hybridized carbons (Fsp3) is 0.556. The van der Waals surface area contributed by atoms with Gasteiger partial charge in [-0.2, -0.15) is 0 Å². The minimum Gasteiger partial charge on any atom is -0.440 e. The van der Waals surface area contributed by atoms with Gasteiger partial charge in [-0.3, -0.25) is 4.79 Å². The third-order valence-electron chi connectivity index (χ3n) is 4.59. The molecule has 0 radical (unpaired) electrons. The lowest BCUT2D eigenvalue weighted by Gasteiger charge is -2.31. The maximum atomic E-state index is 12.7. The smallest absolute Gasteiger partial charge is 0.253 e. The minimum atomic E-state index is 0.0860. The minimum absolute atomic E-state index is 0.0860. The lowest BCUT2D eigenvalue weighted by molar-refractivity contribution is 0.0696. The van der Waals surface area contributed by atoms with Crippen molar-refractivity contribution in [1.29, 1.82) is 0 Å². The van der Waals surface area contributed by atoms with Crippen molar-refractivity contribution in [3.05, 3.63) is 29.7 Å². The molecule has 0 atom stereocenters. The summed E-state index contributed by atoms with van der Waals surface area (Å²) in [4.78, 5) is 19.1. The predicted molar refractivity (Wildman–Crippen MR) is 87.1 cm³/mol. The molecule has 1 saturated carbocycles. The SMILES string of the molecule is CC(C)c1nc2cc(C(=O)N(C)C3CCCCC3)ccc2o1. The van der Waals surface area contributed by atoms with Crippen molar-refractivity contribution in [1.82, 2.24) is 9.88 Å². The first kappa shape index (κ1) is 15.1. The van der Waals surface area contributed by atoms with E-state index in [-0.39, 0.29) is 11.8 Å². The predicted octanol–water partition coefficient (Wildman–Crippen LogP) is 4.36. The molecule has 2 aromatic rings. The summed E-state index contributed by atoms with van der Waals surface area (Å²) in [6, 6.07) is 5.93. The van der Waals surface area contributed by atoms with Crippen molar-refractivity contribution < 1.29 is 9.21 Å². The zero-order valence-corrected chi connectivity index (χ0v) is 13.6. The van der Waals surface area contributed by atoms with E-state index in [2.05, 4.69) is 4.98 Å². The van der Waals surface area contributed by atoms with E-state index in [0.29, 0.717) is 11.6 Å². The monoisotopic (exact) mass is 300 g/mol. The highest BCUT2D eigenvalue weighted by molar-refractivity contribution is 5.97. The second kappa shape index (κ2) is 6.11. The zero-order chi connectivity index (χ0) is 15.7. The van der Waals surface area contributed by atoms with Gasteiger partial charge in [-0.05, 0) is 31.0 Å². The molecule has 1 heterocycles. The van der Waals surface area contributed by atoms with Crippen LogP contribution >= 0.6 is 0 Å². The summed E-state index contributed by atoms with van der Waals surface area (Å²) in [6.45, 7) is 4.10. The number of fused-ring (bicyclic) bond motifs is 1. The summed E-state index contributed by atoms with van der Waals surface area (Å²) in [6.07, 6.45) is 5.98. The Kier molecular flexibility index (Phi) is 4.19. The number of nitrogens with zero attached hydrogens (tertiary/aromatic N) is 2. The number of hydrogen-bond donors (Lipinski definition) is 0. The van der Waals surface area contributed by atoms with Gasteiger partial charge in [0.2, 0.25) is 0 Å². The van der Waals surface area contributed by atoms with Crippen LogP contribution in [0.15, 0.2) is 22.6 Å². The molecule has 0 saturated heterocycles. The molecule has 3 rings (SSSR count). The highest BCUT2D eigenvalue weighted by Crippen LogP contribution is 2.25. The Hall–Kier alpha value is -1.84. The fourth-order valence-electron chi connectivity index (χ4n) is 3.16. The fourth-order valence-corrected chi connectivity index (χ4v) is 3.16. The van der Waals surface area contributed by atoms with Gasteiger partial charge in [-0.1, -0.05) is 33.1 Å². The molecule has 0 unspecified atom stereocenters. The Morgan fingerprint density at radius 2 is 2.00 bits per heavy atom. The number of hydrogen-bond acceptors (Lipinski definition) is 3. The quantitative estimate of drug-likeness (QED) is 0.846. The van der Waals surface area contributed by atoms with Crippen molar-refractivity contribution in [3.63, 3.8) is 0 Å². The van der Waals surface area contributed by atoms with E-state index in [1.165, 1.54) is 19.3 Å². The number of carbonyl (C=O) groups excluding carboxylic acids is 1. The first-order valence-corrected chi connectivity index (χ1v) is 8.24. The number of rotatable bonds is 3. The Morgan fingerprint density at radius 3 is 2.68 bits per heavy atom. The van der Waals surface area contributed by atoms with Gasteiger partial charge in [0.1, 0.15) is 5.52 Å². The van der Waals surface area contributed by atoms with Crippen LogP contribution in [0.5, 0.6) is 0 Å². The highest BCUT2D eigenvalue weighted by Gasteiger charge is 2.23. The van der Waals surface area contributed by atoms with Crippen LogP contribution in [-0.2, 0) is 0 Å². The summed E-state index contributed by atoms with van der Waals surface area (Å²) >= 11 is 0. The number of carbonyl (C=O) groups is 1. The third-order valence-corrected chi connectivity index (χ3v) is 4.59. The number of benzene rings is 1. The Bertz CT molecular complexity index is 669. The average Bonchev–Trinajstić information content (AvgIpc) is 2.97. The molecule has 1 aromatic heterocycles. The van der Waals surface area contributed by atoms with Gasteiger partial charge in [0.15, 0.2) is 11.5 Å². The molecule has 22 heavy (non-hydrogen) atoms. The lowest BCUT2D eigenvalue weighted by Crippen LogP contribution is -2.38. The van der Waals surface area contributed by atoms with E-state index in [9.17, 15) is 4.79 Å². The standard InChI is InChI=1S/C18H24N2O2/c1-12(2)17-19-15-11-13(9-10-16(15)22-17)18(21)20(3)14-7-5-4-6-8-14/h9-12,14H,4-8H2,1-3H3. The van der Waals surface area contributed by atoms with E-state index in [4.69, 9.17) is 4.42 Å². The van der Waals surface area contributed by atoms with Gasteiger partial charge in [0.25, 0.3) is 5.91 Å². The van der Waals surface area contributed by atoms with E-state index in [1.807, 2.05) is 44.0 Å². The molecule has 0 aliphatic heterocycles. The second-order valence-corrected chi connectivity index (χ2v) is 6.60. The maximum absolute atomic E-state index is 12.7. The normalized spacial score (nSPS) is 16.4. The maximum Gasteiger partial charge on any atom is 0.253 e. The van der Waals surface area contributed by atoms with Gasteiger partial charge in [0.05, 0.1) is 0 Å². The lowest BCUT2D eigenvalue weighted by atomic mass is 9.94. The van der Waals surface area contributed by atoms with Crippen molar-refractivity contribution in [2.24, 2.45) is 0 Å². The molecule has 0 spiro atoms. The van der Waals surface area contributed by atoms with Crippen molar-refractivity contribution in [2.45, 2.75) is 57.9 Å².